The molecule has 0 bridgehead atoms. The first kappa shape index (κ1) is 20.0. The molecule has 0 radical (unpaired) electrons. The Morgan fingerprint density at radius 1 is 0.857 bits per heavy atom. The molecule has 0 fully saturated rings. The molecule has 0 saturated heterocycles. The fourth-order valence-corrected chi connectivity index (χ4v) is 1.14. The summed E-state index contributed by atoms with van der Waals surface area (Å²) in [5, 5.41) is 0. The molecule has 0 aliphatic carbocycles. The van der Waals surface area contributed by atoms with Crippen molar-refractivity contribution in [3.63, 3.8) is 0 Å². The van der Waals surface area contributed by atoms with Crippen LogP contribution in [0, 0.1) is 0 Å². The molecule has 0 aromatic carbocycles. The first-order chi connectivity index (χ1) is 9.99. The number of esters is 1. The van der Waals surface area contributed by atoms with Gasteiger partial charge >= 0.3 is 5.97 Å². The average Bonchev–Trinajstić information content (AvgIpc) is 2.47. The van der Waals surface area contributed by atoms with E-state index in [1.807, 2.05) is 0 Å². The number of carbonyl (C=O) groups is 2. The molecule has 2 unspecified atom stereocenters. The zero-order valence-corrected chi connectivity index (χ0v) is 13.3. The monoisotopic (exact) mass is 306 g/mol. The van der Waals surface area contributed by atoms with Crippen molar-refractivity contribution < 1.29 is 33.3 Å². The van der Waals surface area contributed by atoms with Gasteiger partial charge < -0.3 is 23.7 Å². The molecule has 0 aliphatic heterocycles. The Labute approximate surface area is 125 Å². The normalized spacial score (nSPS) is 13.7. The molecule has 7 nitrogen and oxygen atoms in total. The molecular formula is C14H26O7. The van der Waals surface area contributed by atoms with Crippen molar-refractivity contribution in [3.8, 4) is 0 Å². The topological polar surface area (TPSA) is 80.3 Å². The van der Waals surface area contributed by atoms with Crippen LogP contribution in [0.3, 0.4) is 0 Å². The fraction of sp³-hybridized carbons (Fsp3) is 0.857. The SMILES string of the molecule is COC(C)C(=O)OCCOCCOCCOC(C)C(C)=O. The Morgan fingerprint density at radius 2 is 1.38 bits per heavy atom. The van der Waals surface area contributed by atoms with E-state index in [4.69, 9.17) is 23.7 Å². The summed E-state index contributed by atoms with van der Waals surface area (Å²) < 4.78 is 25.4. The predicted octanol–water partition coefficient (Wildman–Crippen LogP) is 0.592. The van der Waals surface area contributed by atoms with E-state index in [1.165, 1.54) is 14.0 Å². The molecule has 2 atom stereocenters. The maximum Gasteiger partial charge on any atom is 0.335 e. The van der Waals surface area contributed by atoms with Crippen LogP contribution in [0.2, 0.25) is 0 Å². The first-order valence-corrected chi connectivity index (χ1v) is 6.96. The van der Waals surface area contributed by atoms with E-state index < -0.39 is 18.2 Å². The lowest BCUT2D eigenvalue weighted by molar-refractivity contribution is -0.155. The number of ketones is 1. The predicted molar refractivity (Wildman–Crippen MR) is 75.2 cm³/mol. The third kappa shape index (κ3) is 11.3. The Hall–Kier alpha value is -1.02. The van der Waals surface area contributed by atoms with Gasteiger partial charge in [-0.1, -0.05) is 0 Å². The molecule has 0 amide bonds. The number of Topliss-reactive ketones (excluding diaryl/α,β-unsaturated/α-hetero) is 1. The fourth-order valence-electron chi connectivity index (χ4n) is 1.14. The maximum absolute atomic E-state index is 11.2. The van der Waals surface area contributed by atoms with Crippen molar-refractivity contribution in [3.05, 3.63) is 0 Å². The van der Waals surface area contributed by atoms with Gasteiger partial charge in [0.1, 0.15) is 12.7 Å². The summed E-state index contributed by atoms with van der Waals surface area (Å²) in [6, 6.07) is 0. The van der Waals surface area contributed by atoms with Gasteiger partial charge in [0, 0.05) is 7.11 Å². The zero-order chi connectivity index (χ0) is 16.1. The number of carbonyl (C=O) groups excluding carboxylic acids is 2. The average molecular weight is 306 g/mol. The lowest BCUT2D eigenvalue weighted by Crippen LogP contribution is -2.23. The molecule has 0 saturated carbocycles. The Bertz CT molecular complexity index is 293. The van der Waals surface area contributed by atoms with Crippen molar-refractivity contribution in [1.82, 2.24) is 0 Å². The van der Waals surface area contributed by atoms with Gasteiger partial charge in [0.05, 0.1) is 33.0 Å². The highest BCUT2D eigenvalue weighted by Crippen LogP contribution is 1.93. The van der Waals surface area contributed by atoms with Crippen LogP contribution >= 0.6 is 0 Å². The summed E-state index contributed by atoms with van der Waals surface area (Å²) in [6.07, 6.45) is -0.959. The summed E-state index contributed by atoms with van der Waals surface area (Å²) in [6.45, 7) is 6.90. The van der Waals surface area contributed by atoms with Gasteiger partial charge in [-0.25, -0.2) is 4.79 Å². The van der Waals surface area contributed by atoms with Crippen LogP contribution in [0.25, 0.3) is 0 Å². The molecular weight excluding hydrogens is 280 g/mol. The highest BCUT2D eigenvalue weighted by Gasteiger charge is 2.12. The third-order valence-corrected chi connectivity index (χ3v) is 2.70. The molecule has 0 aromatic heterocycles. The second-order valence-corrected chi connectivity index (χ2v) is 4.39. The van der Waals surface area contributed by atoms with Gasteiger partial charge in [0.2, 0.25) is 0 Å². The van der Waals surface area contributed by atoms with Crippen molar-refractivity contribution in [1.29, 1.82) is 0 Å². The van der Waals surface area contributed by atoms with Crippen molar-refractivity contribution in [2.45, 2.75) is 33.0 Å². The van der Waals surface area contributed by atoms with E-state index in [1.54, 1.807) is 13.8 Å². The van der Waals surface area contributed by atoms with E-state index in [0.29, 0.717) is 33.0 Å². The van der Waals surface area contributed by atoms with Crippen LogP contribution in [0.4, 0.5) is 0 Å². The summed E-state index contributed by atoms with van der Waals surface area (Å²) in [4.78, 5) is 22.1. The van der Waals surface area contributed by atoms with E-state index in [2.05, 4.69) is 0 Å². The number of ether oxygens (including phenoxy) is 5. The van der Waals surface area contributed by atoms with Crippen LogP contribution in [0.5, 0.6) is 0 Å². The Balaban J connectivity index is 3.26. The summed E-state index contributed by atoms with van der Waals surface area (Å²) in [5.41, 5.74) is 0. The van der Waals surface area contributed by atoms with Gasteiger partial charge in [-0.05, 0) is 20.8 Å². The molecule has 0 spiro atoms. The number of hydrogen-bond donors (Lipinski definition) is 0. The molecule has 0 N–H and O–H groups in total. The zero-order valence-electron chi connectivity index (χ0n) is 13.3. The largest absolute Gasteiger partial charge is 0.461 e. The molecule has 124 valence electrons. The van der Waals surface area contributed by atoms with Gasteiger partial charge in [0.15, 0.2) is 11.9 Å². The van der Waals surface area contributed by atoms with Crippen LogP contribution in [-0.2, 0) is 33.3 Å². The van der Waals surface area contributed by atoms with E-state index >= 15 is 0 Å². The van der Waals surface area contributed by atoms with Gasteiger partial charge in [-0.2, -0.15) is 0 Å². The molecule has 21 heavy (non-hydrogen) atoms. The molecule has 7 heteroatoms. The molecule has 0 aromatic rings. The van der Waals surface area contributed by atoms with Crippen LogP contribution < -0.4 is 0 Å². The number of methoxy groups -OCH3 is 1. The Morgan fingerprint density at radius 3 is 1.90 bits per heavy atom. The molecule has 0 heterocycles. The maximum atomic E-state index is 11.2. The smallest absolute Gasteiger partial charge is 0.335 e. The second-order valence-electron chi connectivity index (χ2n) is 4.39. The quantitative estimate of drug-likeness (QED) is 0.364. The van der Waals surface area contributed by atoms with Gasteiger partial charge in [-0.3, -0.25) is 4.79 Å². The molecule has 0 aliphatic rings. The van der Waals surface area contributed by atoms with Gasteiger partial charge in [-0.15, -0.1) is 0 Å². The second kappa shape index (κ2) is 12.7. The van der Waals surface area contributed by atoms with Crippen molar-refractivity contribution in [2.24, 2.45) is 0 Å². The van der Waals surface area contributed by atoms with E-state index in [9.17, 15) is 9.59 Å². The lowest BCUT2D eigenvalue weighted by Gasteiger charge is -2.11. The number of hydrogen-bond acceptors (Lipinski definition) is 7. The lowest BCUT2D eigenvalue weighted by atomic mass is 10.3. The molecule has 0 rings (SSSR count). The van der Waals surface area contributed by atoms with Crippen LogP contribution in [0.1, 0.15) is 20.8 Å². The minimum absolute atomic E-state index is 0.00401. The third-order valence-electron chi connectivity index (χ3n) is 2.70. The van der Waals surface area contributed by atoms with Crippen molar-refractivity contribution >= 4 is 11.8 Å². The minimum Gasteiger partial charge on any atom is -0.461 e. The Kier molecular flexibility index (Phi) is 12.1. The van der Waals surface area contributed by atoms with E-state index in [0.717, 1.165) is 0 Å². The van der Waals surface area contributed by atoms with Crippen molar-refractivity contribution in [2.75, 3.05) is 46.8 Å². The number of rotatable bonds is 13. The highest BCUT2D eigenvalue weighted by molar-refractivity contribution is 5.79. The van der Waals surface area contributed by atoms with Crippen LogP contribution in [0.15, 0.2) is 0 Å². The van der Waals surface area contributed by atoms with Gasteiger partial charge in [0.25, 0.3) is 0 Å². The summed E-state index contributed by atoms with van der Waals surface area (Å²) in [5.74, 6) is -0.412. The first-order valence-electron chi connectivity index (χ1n) is 6.96. The van der Waals surface area contributed by atoms with Crippen LogP contribution in [-0.4, -0.2) is 70.7 Å². The minimum atomic E-state index is -0.564. The van der Waals surface area contributed by atoms with E-state index in [-0.39, 0.29) is 12.4 Å². The standard InChI is InChI=1S/C14H26O7/c1-11(15)12(2)20-9-7-18-5-6-19-8-10-21-14(16)13(3)17-4/h12-13H,5-10H2,1-4H3. The summed E-state index contributed by atoms with van der Waals surface area (Å²) in [7, 11) is 1.45. The summed E-state index contributed by atoms with van der Waals surface area (Å²) >= 11 is 0. The highest BCUT2D eigenvalue weighted by atomic mass is 16.6.